The summed E-state index contributed by atoms with van der Waals surface area (Å²) in [5, 5.41) is 9.21. The largest absolute Gasteiger partial charge is 0.458 e. The van der Waals surface area contributed by atoms with Crippen molar-refractivity contribution in [2.45, 2.75) is 59.5 Å². The number of Topliss-reactive ketones (excluding diaryl/α,β-unsaturated/α-hetero) is 1. The van der Waals surface area contributed by atoms with Crippen LogP contribution in [0.3, 0.4) is 0 Å². The van der Waals surface area contributed by atoms with Crippen LogP contribution in [-0.4, -0.2) is 35.9 Å². The van der Waals surface area contributed by atoms with Crippen LogP contribution in [0.4, 0.5) is 16.5 Å². The van der Waals surface area contributed by atoms with Gasteiger partial charge in [-0.1, -0.05) is 11.3 Å². The number of hydrogen-bond acceptors (Lipinski definition) is 9. The normalized spacial score (nSPS) is 18.5. The Morgan fingerprint density at radius 3 is 2.32 bits per heavy atom. The van der Waals surface area contributed by atoms with Gasteiger partial charge in [-0.05, 0) is 83.2 Å². The monoisotopic (exact) mass is 498 g/mol. The lowest BCUT2D eigenvalue weighted by Gasteiger charge is -2.26. The number of azo groups is 1. The average molecular weight is 499 g/mol. The number of carbonyl (C=O) groups excluding carboxylic acids is 2. The SMILES string of the molecule is CCN(CC)c1ccc(N=Nc2nc3sc(C(=O)OC4CCC(C(C)=O)CC4)c(C)c3s2)cc1. The van der Waals surface area contributed by atoms with E-state index in [-0.39, 0.29) is 23.8 Å². The van der Waals surface area contributed by atoms with Gasteiger partial charge in [-0.3, -0.25) is 4.79 Å². The molecule has 7 nitrogen and oxygen atoms in total. The van der Waals surface area contributed by atoms with Crippen molar-refractivity contribution in [2.24, 2.45) is 16.1 Å². The Morgan fingerprint density at radius 2 is 1.74 bits per heavy atom. The molecule has 9 heteroatoms. The van der Waals surface area contributed by atoms with E-state index in [0.717, 1.165) is 59.6 Å². The zero-order valence-corrected chi connectivity index (χ0v) is 21.7. The first-order chi connectivity index (χ1) is 16.4. The van der Waals surface area contributed by atoms with Crippen molar-refractivity contribution in [1.29, 1.82) is 0 Å². The summed E-state index contributed by atoms with van der Waals surface area (Å²) in [6, 6.07) is 8.01. The van der Waals surface area contributed by atoms with Crippen molar-refractivity contribution < 1.29 is 14.3 Å². The standard InChI is InChI=1S/C25H30N4O3S2/c1-5-29(6-2)19-11-9-18(10-12-19)27-28-25-26-23-21(34-25)15(3)22(33-23)24(31)32-20-13-7-17(8-14-20)16(4)30/h9-12,17,20H,5-8,13-14H2,1-4H3. The molecule has 0 aliphatic heterocycles. The van der Waals surface area contributed by atoms with Gasteiger partial charge in [-0.25, -0.2) is 9.78 Å². The molecule has 4 rings (SSSR count). The maximum atomic E-state index is 12.8. The van der Waals surface area contributed by atoms with E-state index in [4.69, 9.17) is 4.74 Å². The molecular weight excluding hydrogens is 468 g/mol. The number of nitrogens with zero attached hydrogens (tertiary/aromatic N) is 4. The van der Waals surface area contributed by atoms with Gasteiger partial charge in [0.05, 0.1) is 10.4 Å². The third-order valence-electron chi connectivity index (χ3n) is 6.40. The summed E-state index contributed by atoms with van der Waals surface area (Å²) in [5.74, 6) is 0.0473. The molecule has 0 unspecified atom stereocenters. The van der Waals surface area contributed by atoms with Crippen LogP contribution >= 0.6 is 22.7 Å². The van der Waals surface area contributed by atoms with E-state index in [1.54, 1.807) is 6.92 Å². The van der Waals surface area contributed by atoms with Crippen molar-refractivity contribution in [3.05, 3.63) is 34.7 Å². The number of thiophene rings is 1. The summed E-state index contributed by atoms with van der Waals surface area (Å²) in [5.41, 5.74) is 2.82. The van der Waals surface area contributed by atoms with E-state index in [0.29, 0.717) is 10.0 Å². The highest BCUT2D eigenvalue weighted by molar-refractivity contribution is 7.30. The molecule has 2 heterocycles. The molecule has 2 aromatic heterocycles. The van der Waals surface area contributed by atoms with Crippen LogP contribution < -0.4 is 4.90 Å². The number of benzene rings is 1. The Labute approximate surface area is 207 Å². The topological polar surface area (TPSA) is 84.2 Å². The second-order valence-electron chi connectivity index (χ2n) is 8.57. The lowest BCUT2D eigenvalue weighted by atomic mass is 9.85. The van der Waals surface area contributed by atoms with E-state index in [2.05, 4.69) is 46.1 Å². The number of thiazole rings is 1. The fraction of sp³-hybridized carbons (Fsp3) is 0.480. The molecule has 0 bridgehead atoms. The van der Waals surface area contributed by atoms with E-state index >= 15 is 0 Å². The summed E-state index contributed by atoms with van der Waals surface area (Å²) in [6.45, 7) is 9.76. The maximum Gasteiger partial charge on any atom is 0.348 e. The van der Waals surface area contributed by atoms with Gasteiger partial charge in [0.15, 0.2) is 0 Å². The first kappa shape index (κ1) is 24.5. The quantitative estimate of drug-likeness (QED) is 0.241. The number of aromatic nitrogens is 1. The van der Waals surface area contributed by atoms with Gasteiger partial charge in [-0.2, -0.15) is 0 Å². The molecule has 1 fully saturated rings. The zero-order chi connectivity index (χ0) is 24.2. The zero-order valence-electron chi connectivity index (χ0n) is 20.0. The molecule has 0 saturated heterocycles. The molecule has 34 heavy (non-hydrogen) atoms. The molecule has 180 valence electrons. The summed E-state index contributed by atoms with van der Waals surface area (Å²) < 4.78 is 6.70. The van der Waals surface area contributed by atoms with Crippen LogP contribution in [0.2, 0.25) is 0 Å². The fourth-order valence-electron chi connectivity index (χ4n) is 4.33. The Bertz CT molecular complexity index is 1190. The van der Waals surface area contributed by atoms with E-state index in [9.17, 15) is 9.59 Å². The molecule has 1 aromatic carbocycles. The van der Waals surface area contributed by atoms with Crippen LogP contribution in [0, 0.1) is 12.8 Å². The van der Waals surface area contributed by atoms with Crippen molar-refractivity contribution in [3.63, 3.8) is 0 Å². The highest BCUT2D eigenvalue weighted by atomic mass is 32.1. The Hall–Kier alpha value is -2.65. The van der Waals surface area contributed by atoms with Crippen LogP contribution in [0.5, 0.6) is 0 Å². The number of aryl methyl sites for hydroxylation is 1. The first-order valence-electron chi connectivity index (χ1n) is 11.8. The van der Waals surface area contributed by atoms with Crippen LogP contribution in [0.25, 0.3) is 9.53 Å². The van der Waals surface area contributed by atoms with Gasteiger partial charge in [0.25, 0.3) is 0 Å². The smallest absolute Gasteiger partial charge is 0.348 e. The van der Waals surface area contributed by atoms with Crippen LogP contribution in [-0.2, 0) is 9.53 Å². The molecule has 0 radical (unpaired) electrons. The Kier molecular flexibility index (Phi) is 7.73. The minimum absolute atomic E-state index is 0.112. The summed E-state index contributed by atoms with van der Waals surface area (Å²) in [6.07, 6.45) is 2.95. The van der Waals surface area contributed by atoms with Crippen molar-refractivity contribution in [2.75, 3.05) is 18.0 Å². The Balaban J connectivity index is 1.41. The predicted octanol–water partition coefficient (Wildman–Crippen LogP) is 7.23. The third kappa shape index (κ3) is 5.36. The van der Waals surface area contributed by atoms with E-state index in [1.807, 2.05) is 19.1 Å². The van der Waals surface area contributed by atoms with E-state index in [1.165, 1.54) is 28.4 Å². The maximum absolute atomic E-state index is 12.8. The lowest BCUT2D eigenvalue weighted by molar-refractivity contribution is -0.122. The van der Waals surface area contributed by atoms with Gasteiger partial charge in [0.1, 0.15) is 21.6 Å². The number of esters is 1. The molecular formula is C25H30N4O3S2. The molecule has 3 aromatic rings. The Morgan fingerprint density at radius 1 is 1.06 bits per heavy atom. The number of rotatable bonds is 8. The number of ether oxygens (including phenoxy) is 1. The number of anilines is 1. The number of fused-ring (bicyclic) bond motifs is 1. The lowest BCUT2D eigenvalue weighted by Crippen LogP contribution is -2.27. The molecule has 1 aliphatic carbocycles. The van der Waals surface area contributed by atoms with Gasteiger partial charge >= 0.3 is 5.97 Å². The fourth-order valence-corrected chi connectivity index (χ4v) is 6.45. The predicted molar refractivity (Wildman–Crippen MR) is 138 cm³/mol. The molecule has 0 spiro atoms. The van der Waals surface area contributed by atoms with Gasteiger partial charge in [-0.15, -0.1) is 21.6 Å². The highest BCUT2D eigenvalue weighted by Crippen LogP contribution is 2.39. The minimum atomic E-state index is -0.296. The summed E-state index contributed by atoms with van der Waals surface area (Å²) in [7, 11) is 0. The second-order valence-corrected chi connectivity index (χ2v) is 10.5. The summed E-state index contributed by atoms with van der Waals surface area (Å²) >= 11 is 2.77. The molecule has 0 amide bonds. The molecule has 1 aliphatic rings. The molecule has 0 atom stereocenters. The molecule has 1 saturated carbocycles. The van der Waals surface area contributed by atoms with Gasteiger partial charge in [0.2, 0.25) is 5.13 Å². The van der Waals surface area contributed by atoms with Crippen molar-refractivity contribution >= 4 is 60.5 Å². The molecule has 0 N–H and O–H groups in total. The first-order valence-corrected chi connectivity index (χ1v) is 13.4. The number of ketones is 1. The number of hydrogen-bond donors (Lipinski definition) is 0. The number of carbonyl (C=O) groups is 2. The highest BCUT2D eigenvalue weighted by Gasteiger charge is 2.28. The van der Waals surface area contributed by atoms with Gasteiger partial charge in [0, 0.05) is 24.7 Å². The average Bonchev–Trinajstić information content (AvgIpc) is 3.38. The second kappa shape index (κ2) is 10.7. The van der Waals surface area contributed by atoms with Crippen molar-refractivity contribution in [3.8, 4) is 0 Å². The third-order valence-corrected chi connectivity index (χ3v) is 8.76. The van der Waals surface area contributed by atoms with Crippen molar-refractivity contribution in [1.82, 2.24) is 4.98 Å². The summed E-state index contributed by atoms with van der Waals surface area (Å²) in [4.78, 5) is 32.5. The van der Waals surface area contributed by atoms with E-state index < -0.39 is 0 Å². The minimum Gasteiger partial charge on any atom is -0.458 e. The van der Waals surface area contributed by atoms with Gasteiger partial charge < -0.3 is 9.64 Å². The van der Waals surface area contributed by atoms with Crippen LogP contribution in [0.15, 0.2) is 34.5 Å². The van der Waals surface area contributed by atoms with Crippen LogP contribution in [0.1, 0.15) is 61.7 Å².